The van der Waals surface area contributed by atoms with E-state index in [9.17, 15) is 9.50 Å². The smallest absolute Gasteiger partial charge is 0.123 e. The molecule has 1 saturated carbocycles. The van der Waals surface area contributed by atoms with Crippen LogP contribution < -0.4 is 0 Å². The highest BCUT2D eigenvalue weighted by molar-refractivity contribution is 5.17. The summed E-state index contributed by atoms with van der Waals surface area (Å²) in [5, 5.41) is 9.81. The molecule has 0 heterocycles. The van der Waals surface area contributed by atoms with E-state index in [1.54, 1.807) is 12.1 Å². The van der Waals surface area contributed by atoms with Gasteiger partial charge in [0.2, 0.25) is 0 Å². The van der Waals surface area contributed by atoms with Crippen LogP contribution in [0.25, 0.3) is 0 Å². The van der Waals surface area contributed by atoms with Crippen molar-refractivity contribution in [2.45, 2.75) is 38.2 Å². The maximum Gasteiger partial charge on any atom is 0.123 e. The predicted octanol–water partition coefficient (Wildman–Crippen LogP) is 2.92. The highest BCUT2D eigenvalue weighted by Gasteiger charge is 2.22. The minimum atomic E-state index is -0.193. The third kappa shape index (κ3) is 2.78. The van der Waals surface area contributed by atoms with Crippen molar-refractivity contribution in [2.75, 3.05) is 0 Å². The summed E-state index contributed by atoms with van der Waals surface area (Å²) in [7, 11) is 0. The lowest BCUT2D eigenvalue weighted by atomic mass is 9.82. The summed E-state index contributed by atoms with van der Waals surface area (Å²) in [4.78, 5) is 0. The molecule has 0 radical (unpaired) electrons. The Morgan fingerprint density at radius 1 is 1.27 bits per heavy atom. The summed E-state index contributed by atoms with van der Waals surface area (Å²) in [6.45, 7) is 0. The molecule has 82 valence electrons. The molecule has 0 amide bonds. The van der Waals surface area contributed by atoms with Crippen LogP contribution in [0.3, 0.4) is 0 Å². The molecule has 2 rings (SSSR count). The fourth-order valence-electron chi connectivity index (χ4n) is 2.39. The summed E-state index contributed by atoms with van der Waals surface area (Å²) in [5.74, 6) is 0.137. The van der Waals surface area contributed by atoms with E-state index >= 15 is 0 Å². The van der Waals surface area contributed by atoms with Gasteiger partial charge in [-0.25, -0.2) is 4.39 Å². The molecule has 1 aliphatic rings. The fourth-order valence-corrected chi connectivity index (χ4v) is 2.39. The third-order valence-corrected chi connectivity index (χ3v) is 3.26. The van der Waals surface area contributed by atoms with Gasteiger partial charge in [0, 0.05) is 0 Å². The normalized spacial score (nSPS) is 26.5. The maximum absolute atomic E-state index is 13.0. The molecule has 1 nitrogen and oxygen atoms in total. The fraction of sp³-hybridized carbons (Fsp3) is 0.538. The quantitative estimate of drug-likeness (QED) is 0.792. The molecule has 1 N–H and O–H groups in total. The van der Waals surface area contributed by atoms with Crippen LogP contribution in [0, 0.1) is 11.7 Å². The van der Waals surface area contributed by atoms with Gasteiger partial charge >= 0.3 is 0 Å². The second-order valence-corrected chi connectivity index (χ2v) is 4.45. The number of benzene rings is 1. The molecule has 0 spiro atoms. The summed E-state index contributed by atoms with van der Waals surface area (Å²) in [6, 6.07) is 6.70. The Balaban J connectivity index is 2.01. The van der Waals surface area contributed by atoms with E-state index in [1.165, 1.54) is 12.5 Å². The maximum atomic E-state index is 13.0. The lowest BCUT2D eigenvalue weighted by Gasteiger charge is -2.27. The summed E-state index contributed by atoms with van der Waals surface area (Å²) in [5.41, 5.74) is 1.00. The molecular weight excluding hydrogens is 191 g/mol. The second kappa shape index (κ2) is 4.75. The van der Waals surface area contributed by atoms with Crippen LogP contribution in [0.4, 0.5) is 4.39 Å². The molecule has 0 aliphatic heterocycles. The van der Waals surface area contributed by atoms with Gasteiger partial charge in [-0.05, 0) is 42.9 Å². The van der Waals surface area contributed by atoms with Gasteiger partial charge in [-0.3, -0.25) is 0 Å². The lowest BCUT2D eigenvalue weighted by Crippen LogP contribution is -2.26. The number of halogens is 1. The topological polar surface area (TPSA) is 20.2 Å². The van der Waals surface area contributed by atoms with E-state index in [-0.39, 0.29) is 11.9 Å². The Kier molecular flexibility index (Phi) is 3.37. The Bertz CT molecular complexity index is 324. The van der Waals surface area contributed by atoms with Crippen molar-refractivity contribution in [3.8, 4) is 0 Å². The zero-order valence-corrected chi connectivity index (χ0v) is 8.82. The minimum Gasteiger partial charge on any atom is -0.393 e. The molecule has 1 fully saturated rings. The van der Waals surface area contributed by atoms with Crippen molar-refractivity contribution in [1.82, 2.24) is 0 Å². The van der Waals surface area contributed by atoms with Crippen LogP contribution in [0.15, 0.2) is 24.3 Å². The highest BCUT2D eigenvalue weighted by Crippen LogP contribution is 2.27. The van der Waals surface area contributed by atoms with Crippen LogP contribution in [0.2, 0.25) is 0 Å². The molecule has 2 atom stereocenters. The first-order chi connectivity index (χ1) is 7.25. The van der Waals surface area contributed by atoms with E-state index in [1.807, 2.05) is 6.07 Å². The van der Waals surface area contributed by atoms with Crippen LogP contribution >= 0.6 is 0 Å². The Labute approximate surface area is 89.9 Å². The summed E-state index contributed by atoms with van der Waals surface area (Å²) in [6.07, 6.45) is 4.90. The summed E-state index contributed by atoms with van der Waals surface area (Å²) >= 11 is 0. The van der Waals surface area contributed by atoms with Gasteiger partial charge in [0.25, 0.3) is 0 Å². The molecule has 2 unspecified atom stereocenters. The van der Waals surface area contributed by atoms with Gasteiger partial charge in [0.15, 0.2) is 0 Å². The highest BCUT2D eigenvalue weighted by atomic mass is 19.1. The van der Waals surface area contributed by atoms with Crippen molar-refractivity contribution in [2.24, 2.45) is 5.92 Å². The van der Waals surface area contributed by atoms with Gasteiger partial charge in [-0.1, -0.05) is 25.0 Å². The second-order valence-electron chi connectivity index (χ2n) is 4.45. The molecule has 1 aromatic carbocycles. The molecule has 0 saturated heterocycles. The first-order valence-corrected chi connectivity index (χ1v) is 5.68. The van der Waals surface area contributed by atoms with Gasteiger partial charge in [0.05, 0.1) is 6.10 Å². The first-order valence-electron chi connectivity index (χ1n) is 5.68. The largest absolute Gasteiger partial charge is 0.393 e. The first kappa shape index (κ1) is 10.6. The van der Waals surface area contributed by atoms with Gasteiger partial charge in [-0.15, -0.1) is 0 Å². The molecule has 1 aromatic rings. The Morgan fingerprint density at radius 3 is 2.80 bits per heavy atom. The molecular formula is C13H17FO. The standard InChI is InChI=1S/C13H17FO/c14-12-6-3-4-10(9-12)8-11-5-1-2-7-13(11)15/h3-4,6,9,11,13,15H,1-2,5,7-8H2. The zero-order valence-electron chi connectivity index (χ0n) is 8.82. The van der Waals surface area contributed by atoms with Crippen molar-refractivity contribution < 1.29 is 9.50 Å². The molecule has 2 heteroatoms. The average Bonchev–Trinajstić information content (AvgIpc) is 2.22. The van der Waals surface area contributed by atoms with Crippen LogP contribution in [-0.2, 0) is 6.42 Å². The van der Waals surface area contributed by atoms with E-state index in [2.05, 4.69) is 0 Å². The summed E-state index contributed by atoms with van der Waals surface area (Å²) < 4.78 is 13.0. The average molecular weight is 208 g/mol. The monoisotopic (exact) mass is 208 g/mol. The number of aliphatic hydroxyl groups is 1. The Hall–Kier alpha value is -0.890. The van der Waals surface area contributed by atoms with Gasteiger partial charge < -0.3 is 5.11 Å². The third-order valence-electron chi connectivity index (χ3n) is 3.26. The van der Waals surface area contributed by atoms with Crippen LogP contribution in [-0.4, -0.2) is 11.2 Å². The number of rotatable bonds is 2. The van der Waals surface area contributed by atoms with E-state index in [0.717, 1.165) is 31.2 Å². The molecule has 1 aliphatic carbocycles. The van der Waals surface area contributed by atoms with E-state index < -0.39 is 0 Å². The van der Waals surface area contributed by atoms with Crippen LogP contribution in [0.5, 0.6) is 0 Å². The number of aliphatic hydroxyl groups excluding tert-OH is 1. The zero-order chi connectivity index (χ0) is 10.7. The lowest BCUT2D eigenvalue weighted by molar-refractivity contribution is 0.0700. The predicted molar refractivity (Wildman–Crippen MR) is 58.1 cm³/mol. The van der Waals surface area contributed by atoms with Crippen LogP contribution in [0.1, 0.15) is 31.2 Å². The molecule has 0 aromatic heterocycles. The van der Waals surface area contributed by atoms with Gasteiger partial charge in [0.1, 0.15) is 5.82 Å². The SMILES string of the molecule is OC1CCCCC1Cc1cccc(F)c1. The van der Waals surface area contributed by atoms with E-state index in [0.29, 0.717) is 5.92 Å². The van der Waals surface area contributed by atoms with Crippen molar-refractivity contribution in [1.29, 1.82) is 0 Å². The Morgan fingerprint density at radius 2 is 2.07 bits per heavy atom. The molecule has 0 bridgehead atoms. The molecule has 15 heavy (non-hydrogen) atoms. The van der Waals surface area contributed by atoms with Crippen molar-refractivity contribution >= 4 is 0 Å². The van der Waals surface area contributed by atoms with Gasteiger partial charge in [-0.2, -0.15) is 0 Å². The van der Waals surface area contributed by atoms with Crippen molar-refractivity contribution in [3.63, 3.8) is 0 Å². The number of hydrogen-bond acceptors (Lipinski definition) is 1. The number of hydrogen-bond donors (Lipinski definition) is 1. The van der Waals surface area contributed by atoms with E-state index in [4.69, 9.17) is 0 Å². The minimum absolute atomic E-state index is 0.183. The van der Waals surface area contributed by atoms with Crippen molar-refractivity contribution in [3.05, 3.63) is 35.6 Å².